The lowest BCUT2D eigenvalue weighted by atomic mass is 10.1. The molecule has 1 aromatic carbocycles. The molecule has 0 radical (unpaired) electrons. The summed E-state index contributed by atoms with van der Waals surface area (Å²) in [7, 11) is 0. The van der Waals surface area contributed by atoms with Gasteiger partial charge >= 0.3 is 0 Å². The fraction of sp³-hybridized carbons (Fsp3) is 0.353. The normalized spacial score (nSPS) is 27.0. The summed E-state index contributed by atoms with van der Waals surface area (Å²) in [5.74, 6) is -0.488. The van der Waals surface area contributed by atoms with Gasteiger partial charge in [-0.05, 0) is 36.6 Å². The van der Waals surface area contributed by atoms with E-state index in [1.54, 1.807) is 6.08 Å². The number of hydrogen-bond donors (Lipinski definition) is 4. The van der Waals surface area contributed by atoms with E-state index in [1.807, 2.05) is 18.2 Å². The van der Waals surface area contributed by atoms with E-state index in [0.29, 0.717) is 0 Å². The number of allylic oxidation sites excluding steroid dienone is 2. The lowest BCUT2D eigenvalue weighted by molar-refractivity contribution is -0.126. The quantitative estimate of drug-likeness (QED) is 0.612. The van der Waals surface area contributed by atoms with Gasteiger partial charge in [-0.1, -0.05) is 24.3 Å². The molecule has 4 N–H and O–H groups in total. The monoisotopic (exact) mass is 315 g/mol. The van der Waals surface area contributed by atoms with Crippen molar-refractivity contribution in [1.82, 2.24) is 10.6 Å². The van der Waals surface area contributed by atoms with Crippen LogP contribution < -0.4 is 15.5 Å². The summed E-state index contributed by atoms with van der Waals surface area (Å²) in [5.41, 5.74) is 2.42. The van der Waals surface area contributed by atoms with E-state index in [0.717, 1.165) is 18.7 Å². The smallest absolute Gasteiger partial charge is 0.254 e. The first-order valence-corrected chi connectivity index (χ1v) is 7.80. The summed E-state index contributed by atoms with van der Waals surface area (Å²) in [6.45, 7) is 2.24. The Hall–Kier alpha value is -2.15. The van der Waals surface area contributed by atoms with Crippen LogP contribution in [0.3, 0.4) is 0 Å². The first-order chi connectivity index (χ1) is 11.1. The van der Waals surface area contributed by atoms with Gasteiger partial charge in [0.05, 0.1) is 5.57 Å². The van der Waals surface area contributed by atoms with Gasteiger partial charge in [0.25, 0.3) is 5.91 Å². The van der Waals surface area contributed by atoms with E-state index in [9.17, 15) is 15.0 Å². The average Bonchev–Trinajstić information content (AvgIpc) is 3.05. The summed E-state index contributed by atoms with van der Waals surface area (Å²) in [6, 6.07) is 8.25. The third-order valence-electron chi connectivity index (χ3n) is 4.07. The molecule has 0 saturated carbocycles. The SMILES string of the molecule is O=C1NC(O)N[C@@H](O)/C1=C/C=C/c1ccc(N2CCCC2)cc1. The maximum atomic E-state index is 11.7. The predicted molar refractivity (Wildman–Crippen MR) is 88.3 cm³/mol. The van der Waals surface area contributed by atoms with Crippen molar-refractivity contribution in [3.63, 3.8) is 0 Å². The highest BCUT2D eigenvalue weighted by Crippen LogP contribution is 2.20. The number of carbonyl (C=O) groups excluding carboxylic acids is 1. The highest BCUT2D eigenvalue weighted by atomic mass is 16.3. The van der Waals surface area contributed by atoms with Crippen LogP contribution in [0, 0.1) is 0 Å². The molecule has 2 fully saturated rings. The number of rotatable bonds is 3. The van der Waals surface area contributed by atoms with Crippen molar-refractivity contribution in [1.29, 1.82) is 0 Å². The molecule has 0 aromatic heterocycles. The number of aliphatic hydroxyl groups excluding tert-OH is 2. The first kappa shape index (κ1) is 15.7. The van der Waals surface area contributed by atoms with Crippen LogP contribution in [-0.2, 0) is 4.79 Å². The molecular weight excluding hydrogens is 294 g/mol. The van der Waals surface area contributed by atoms with Crippen LogP contribution in [0.1, 0.15) is 18.4 Å². The zero-order valence-corrected chi connectivity index (χ0v) is 12.8. The Morgan fingerprint density at radius 2 is 1.83 bits per heavy atom. The molecule has 1 aromatic rings. The van der Waals surface area contributed by atoms with Crippen LogP contribution in [0.15, 0.2) is 42.0 Å². The third kappa shape index (κ3) is 3.79. The molecule has 23 heavy (non-hydrogen) atoms. The van der Waals surface area contributed by atoms with Crippen molar-refractivity contribution < 1.29 is 15.0 Å². The van der Waals surface area contributed by atoms with Gasteiger partial charge in [0.1, 0.15) is 6.23 Å². The molecule has 2 aliphatic heterocycles. The minimum absolute atomic E-state index is 0.167. The van der Waals surface area contributed by atoms with Gasteiger partial charge in [-0.25, -0.2) is 5.32 Å². The van der Waals surface area contributed by atoms with E-state index >= 15 is 0 Å². The molecule has 1 unspecified atom stereocenters. The van der Waals surface area contributed by atoms with E-state index in [-0.39, 0.29) is 5.57 Å². The second-order valence-corrected chi connectivity index (χ2v) is 5.71. The van der Waals surface area contributed by atoms with Crippen LogP contribution in [-0.4, -0.2) is 41.8 Å². The van der Waals surface area contributed by atoms with Gasteiger partial charge in [0.15, 0.2) is 6.35 Å². The van der Waals surface area contributed by atoms with Crippen LogP contribution in [0.4, 0.5) is 5.69 Å². The summed E-state index contributed by atoms with van der Waals surface area (Å²) in [4.78, 5) is 14.0. The Morgan fingerprint density at radius 1 is 1.13 bits per heavy atom. The molecule has 122 valence electrons. The minimum atomic E-state index is -1.23. The van der Waals surface area contributed by atoms with Crippen molar-refractivity contribution in [2.24, 2.45) is 0 Å². The van der Waals surface area contributed by atoms with Crippen molar-refractivity contribution in [2.45, 2.75) is 25.4 Å². The number of carbonyl (C=O) groups is 1. The van der Waals surface area contributed by atoms with Gasteiger partial charge in [0, 0.05) is 18.8 Å². The van der Waals surface area contributed by atoms with E-state index in [4.69, 9.17) is 0 Å². The Labute approximate surface area is 135 Å². The number of nitrogens with one attached hydrogen (secondary N) is 2. The van der Waals surface area contributed by atoms with Crippen LogP contribution in [0.2, 0.25) is 0 Å². The zero-order valence-electron chi connectivity index (χ0n) is 12.8. The average molecular weight is 315 g/mol. The molecule has 2 atom stereocenters. The summed E-state index contributed by atoms with van der Waals surface area (Å²) >= 11 is 0. The maximum absolute atomic E-state index is 11.7. The predicted octanol–water partition coefficient (Wildman–Crippen LogP) is 0.540. The Kier molecular flexibility index (Phi) is 4.76. The fourth-order valence-corrected chi connectivity index (χ4v) is 2.81. The molecule has 3 rings (SSSR count). The lowest BCUT2D eigenvalue weighted by Gasteiger charge is -2.26. The summed E-state index contributed by atoms with van der Waals surface area (Å²) in [6.07, 6.45) is 5.21. The minimum Gasteiger partial charge on any atom is -0.374 e. The molecule has 2 heterocycles. The molecular formula is C17H21N3O3. The van der Waals surface area contributed by atoms with Crippen LogP contribution in [0.25, 0.3) is 6.08 Å². The fourth-order valence-electron chi connectivity index (χ4n) is 2.81. The first-order valence-electron chi connectivity index (χ1n) is 7.80. The molecule has 2 aliphatic rings. The molecule has 0 spiro atoms. The van der Waals surface area contributed by atoms with Crippen LogP contribution >= 0.6 is 0 Å². The topological polar surface area (TPSA) is 84.8 Å². The van der Waals surface area contributed by atoms with Gasteiger partial charge in [0.2, 0.25) is 0 Å². The van der Waals surface area contributed by atoms with E-state index in [1.165, 1.54) is 24.6 Å². The van der Waals surface area contributed by atoms with Gasteiger partial charge < -0.3 is 20.4 Å². The highest BCUT2D eigenvalue weighted by molar-refractivity contribution is 5.95. The number of nitrogens with zero attached hydrogens (tertiary/aromatic N) is 1. The molecule has 0 aliphatic carbocycles. The Bertz CT molecular complexity index is 618. The number of amides is 1. The second kappa shape index (κ2) is 6.95. The third-order valence-corrected chi connectivity index (χ3v) is 4.07. The van der Waals surface area contributed by atoms with Crippen molar-refractivity contribution >= 4 is 17.7 Å². The number of aliphatic hydroxyl groups is 2. The zero-order chi connectivity index (χ0) is 16.2. The molecule has 1 amide bonds. The number of hydrogen-bond acceptors (Lipinski definition) is 5. The second-order valence-electron chi connectivity index (χ2n) is 5.71. The molecule has 6 nitrogen and oxygen atoms in total. The van der Waals surface area contributed by atoms with Gasteiger partial charge in [-0.3, -0.25) is 4.79 Å². The van der Waals surface area contributed by atoms with Crippen molar-refractivity contribution in [3.8, 4) is 0 Å². The van der Waals surface area contributed by atoms with Crippen LogP contribution in [0.5, 0.6) is 0 Å². The Morgan fingerprint density at radius 3 is 2.48 bits per heavy atom. The van der Waals surface area contributed by atoms with Crippen molar-refractivity contribution in [2.75, 3.05) is 18.0 Å². The maximum Gasteiger partial charge on any atom is 0.254 e. The van der Waals surface area contributed by atoms with E-state index in [2.05, 4.69) is 27.7 Å². The lowest BCUT2D eigenvalue weighted by Crippen LogP contribution is -2.57. The summed E-state index contributed by atoms with van der Waals surface area (Å²) in [5, 5.41) is 23.7. The molecule has 0 bridgehead atoms. The summed E-state index contributed by atoms with van der Waals surface area (Å²) < 4.78 is 0. The van der Waals surface area contributed by atoms with E-state index < -0.39 is 18.5 Å². The van der Waals surface area contributed by atoms with Gasteiger partial charge in [-0.15, -0.1) is 0 Å². The van der Waals surface area contributed by atoms with Crippen molar-refractivity contribution in [3.05, 3.63) is 47.6 Å². The Balaban J connectivity index is 1.65. The largest absolute Gasteiger partial charge is 0.374 e. The molecule has 2 saturated heterocycles. The number of benzene rings is 1. The molecule has 6 heteroatoms. The number of anilines is 1. The highest BCUT2D eigenvalue weighted by Gasteiger charge is 2.27. The van der Waals surface area contributed by atoms with Gasteiger partial charge in [-0.2, -0.15) is 0 Å². The standard InChI is InChI=1S/C17H21N3O3/c21-15-14(16(22)19-17(23)18-15)5-3-4-12-6-8-13(9-7-12)20-10-1-2-11-20/h3-9,15,17-18,21,23H,1-2,10-11H2,(H,19,22)/b4-3+,14-5-/t15-,17?/m0/s1.